The fourth-order valence-electron chi connectivity index (χ4n) is 3.10. The molecular formula is C16H22N2O5. The number of nitro groups is 1. The van der Waals surface area contributed by atoms with Crippen molar-refractivity contribution in [3.63, 3.8) is 0 Å². The minimum atomic E-state index is -0.829. The van der Waals surface area contributed by atoms with Gasteiger partial charge < -0.3 is 4.74 Å². The van der Waals surface area contributed by atoms with Gasteiger partial charge in [0.25, 0.3) is 11.2 Å². The fourth-order valence-corrected chi connectivity index (χ4v) is 3.10. The molecule has 0 bridgehead atoms. The topological polar surface area (TPSA) is 91.4 Å². The Kier molecular flexibility index (Phi) is 5.52. The van der Waals surface area contributed by atoms with Gasteiger partial charge in [-0.25, -0.2) is 4.79 Å². The normalized spacial score (nSPS) is 16.8. The van der Waals surface area contributed by atoms with Gasteiger partial charge in [-0.3, -0.25) is 19.5 Å². The summed E-state index contributed by atoms with van der Waals surface area (Å²) in [5.41, 5.74) is -0.427. The van der Waals surface area contributed by atoms with Crippen LogP contribution in [0.4, 0.5) is 5.69 Å². The molecule has 0 aromatic carbocycles. The van der Waals surface area contributed by atoms with Crippen LogP contribution in [-0.2, 0) is 9.53 Å². The quantitative estimate of drug-likeness (QED) is 0.472. The molecule has 0 aliphatic heterocycles. The van der Waals surface area contributed by atoms with Crippen LogP contribution in [0.2, 0.25) is 0 Å². The molecule has 0 amide bonds. The zero-order valence-corrected chi connectivity index (χ0v) is 13.5. The highest BCUT2D eigenvalue weighted by molar-refractivity contribution is 5.74. The molecule has 1 unspecified atom stereocenters. The Morgan fingerprint density at radius 2 is 2.04 bits per heavy atom. The van der Waals surface area contributed by atoms with Crippen molar-refractivity contribution < 1.29 is 14.5 Å². The molecule has 0 N–H and O–H groups in total. The Balaban J connectivity index is 2.29. The number of pyridine rings is 1. The van der Waals surface area contributed by atoms with E-state index in [4.69, 9.17) is 4.74 Å². The molecule has 0 saturated heterocycles. The Morgan fingerprint density at radius 1 is 1.39 bits per heavy atom. The van der Waals surface area contributed by atoms with Crippen LogP contribution < -0.4 is 5.56 Å². The lowest BCUT2D eigenvalue weighted by atomic mass is 9.98. The lowest BCUT2D eigenvalue weighted by Crippen LogP contribution is -2.34. The van der Waals surface area contributed by atoms with E-state index >= 15 is 0 Å². The molecule has 0 radical (unpaired) electrons. The van der Waals surface area contributed by atoms with E-state index in [9.17, 15) is 19.7 Å². The minimum absolute atomic E-state index is 0.111. The zero-order valence-electron chi connectivity index (χ0n) is 13.5. The molecule has 23 heavy (non-hydrogen) atoms. The Bertz CT molecular complexity index is 646. The van der Waals surface area contributed by atoms with Crippen LogP contribution in [0, 0.1) is 17.0 Å². The van der Waals surface area contributed by atoms with Crippen molar-refractivity contribution in [2.45, 2.75) is 64.5 Å². The maximum absolute atomic E-state index is 12.5. The Labute approximate surface area is 134 Å². The van der Waals surface area contributed by atoms with Crippen molar-refractivity contribution in [2.24, 2.45) is 0 Å². The molecule has 7 nitrogen and oxygen atoms in total. The highest BCUT2D eigenvalue weighted by Gasteiger charge is 2.28. The van der Waals surface area contributed by atoms with Gasteiger partial charge in [-0.05, 0) is 39.0 Å². The number of hydrogen-bond donors (Lipinski definition) is 0. The summed E-state index contributed by atoms with van der Waals surface area (Å²) in [6, 6.07) is 1.47. The number of carbonyl (C=O) groups is 1. The zero-order chi connectivity index (χ0) is 17.0. The molecule has 2 rings (SSSR count). The summed E-state index contributed by atoms with van der Waals surface area (Å²) in [7, 11) is 0. The standard InChI is InChI=1S/C16H22N2O5/c1-3-13(16(20)23-12-7-5-4-6-8-12)17-11(2)14(18(21)22)9-10-15(17)19/h9-10,12-13H,3-8H2,1-2H3. The first kappa shape index (κ1) is 17.2. The number of esters is 1. The van der Waals surface area contributed by atoms with Gasteiger partial charge >= 0.3 is 5.97 Å². The van der Waals surface area contributed by atoms with Gasteiger partial charge in [0.1, 0.15) is 12.1 Å². The first-order chi connectivity index (χ1) is 11.0. The van der Waals surface area contributed by atoms with Gasteiger partial charge in [-0.15, -0.1) is 0 Å². The first-order valence-corrected chi connectivity index (χ1v) is 8.02. The molecule has 1 heterocycles. The third kappa shape index (κ3) is 3.78. The van der Waals surface area contributed by atoms with Crippen LogP contribution >= 0.6 is 0 Å². The van der Waals surface area contributed by atoms with Crippen molar-refractivity contribution in [1.29, 1.82) is 0 Å². The number of rotatable bonds is 5. The molecule has 0 spiro atoms. The second kappa shape index (κ2) is 7.39. The van der Waals surface area contributed by atoms with E-state index in [1.165, 1.54) is 17.6 Å². The van der Waals surface area contributed by atoms with Gasteiger partial charge in [0.15, 0.2) is 0 Å². The molecule has 7 heteroatoms. The van der Waals surface area contributed by atoms with Crippen LogP contribution in [0.5, 0.6) is 0 Å². The Hall–Kier alpha value is -2.18. The largest absolute Gasteiger partial charge is 0.461 e. The molecule has 1 atom stereocenters. The van der Waals surface area contributed by atoms with Crippen LogP contribution in [0.1, 0.15) is 57.2 Å². The lowest BCUT2D eigenvalue weighted by Gasteiger charge is -2.25. The maximum atomic E-state index is 12.5. The molecular weight excluding hydrogens is 300 g/mol. The van der Waals surface area contributed by atoms with Crippen molar-refractivity contribution in [2.75, 3.05) is 0 Å². The molecule has 1 aliphatic rings. The number of nitrogens with zero attached hydrogens (tertiary/aromatic N) is 2. The summed E-state index contributed by atoms with van der Waals surface area (Å²) in [5.74, 6) is -0.481. The summed E-state index contributed by atoms with van der Waals surface area (Å²) in [5, 5.41) is 11.1. The summed E-state index contributed by atoms with van der Waals surface area (Å²) >= 11 is 0. The first-order valence-electron chi connectivity index (χ1n) is 8.02. The Morgan fingerprint density at radius 3 is 2.61 bits per heavy atom. The predicted octanol–water partition coefficient (Wildman–Crippen LogP) is 2.89. The highest BCUT2D eigenvalue weighted by Crippen LogP contribution is 2.25. The maximum Gasteiger partial charge on any atom is 0.329 e. The second-order valence-electron chi connectivity index (χ2n) is 5.89. The van der Waals surface area contributed by atoms with Gasteiger partial charge in [0.05, 0.1) is 10.6 Å². The van der Waals surface area contributed by atoms with E-state index < -0.39 is 22.5 Å². The van der Waals surface area contributed by atoms with Crippen molar-refractivity contribution in [3.05, 3.63) is 38.3 Å². The van der Waals surface area contributed by atoms with E-state index in [0.717, 1.165) is 38.2 Å². The van der Waals surface area contributed by atoms with Crippen molar-refractivity contribution >= 4 is 11.7 Å². The van der Waals surface area contributed by atoms with Crippen LogP contribution in [-0.4, -0.2) is 21.6 Å². The summed E-state index contributed by atoms with van der Waals surface area (Å²) in [6.45, 7) is 3.24. The number of hydrogen-bond acceptors (Lipinski definition) is 5. The lowest BCUT2D eigenvalue weighted by molar-refractivity contribution is -0.386. The van der Waals surface area contributed by atoms with Crippen LogP contribution in [0.15, 0.2) is 16.9 Å². The highest BCUT2D eigenvalue weighted by atomic mass is 16.6. The van der Waals surface area contributed by atoms with E-state index in [0.29, 0.717) is 6.42 Å². The summed E-state index contributed by atoms with van der Waals surface area (Å²) in [6.07, 6.45) is 5.12. The van der Waals surface area contributed by atoms with Gasteiger partial charge in [0.2, 0.25) is 0 Å². The SMILES string of the molecule is CCC(C(=O)OC1CCCCC1)n1c(C)c([N+](=O)[O-])ccc1=O. The van der Waals surface area contributed by atoms with Crippen LogP contribution in [0.3, 0.4) is 0 Å². The average molecular weight is 322 g/mol. The van der Waals surface area contributed by atoms with E-state index in [1.54, 1.807) is 6.92 Å². The number of ether oxygens (including phenoxy) is 1. The van der Waals surface area contributed by atoms with E-state index in [-0.39, 0.29) is 17.5 Å². The van der Waals surface area contributed by atoms with Gasteiger partial charge in [-0.1, -0.05) is 13.3 Å². The van der Waals surface area contributed by atoms with Gasteiger partial charge in [0, 0.05) is 12.1 Å². The van der Waals surface area contributed by atoms with Crippen LogP contribution in [0.25, 0.3) is 0 Å². The third-order valence-corrected chi connectivity index (χ3v) is 4.36. The molecule has 1 saturated carbocycles. The molecule has 126 valence electrons. The molecule has 1 aromatic rings. The monoisotopic (exact) mass is 322 g/mol. The van der Waals surface area contributed by atoms with Crippen molar-refractivity contribution in [3.8, 4) is 0 Å². The number of aromatic nitrogens is 1. The molecule has 1 aliphatic carbocycles. The smallest absolute Gasteiger partial charge is 0.329 e. The van der Waals surface area contributed by atoms with Crippen molar-refractivity contribution in [1.82, 2.24) is 4.57 Å². The average Bonchev–Trinajstić information content (AvgIpc) is 2.51. The molecule has 1 aromatic heterocycles. The van der Waals surface area contributed by atoms with Gasteiger partial charge in [-0.2, -0.15) is 0 Å². The number of carbonyl (C=O) groups excluding carboxylic acids is 1. The molecule has 1 fully saturated rings. The third-order valence-electron chi connectivity index (χ3n) is 4.36. The predicted molar refractivity (Wildman–Crippen MR) is 84.4 cm³/mol. The minimum Gasteiger partial charge on any atom is -0.461 e. The van der Waals surface area contributed by atoms with E-state index in [2.05, 4.69) is 0 Å². The second-order valence-corrected chi connectivity index (χ2v) is 5.89. The fraction of sp³-hybridized carbons (Fsp3) is 0.625. The summed E-state index contributed by atoms with van der Waals surface area (Å²) < 4.78 is 6.72. The summed E-state index contributed by atoms with van der Waals surface area (Å²) in [4.78, 5) is 35.1. The van der Waals surface area contributed by atoms with E-state index in [1.807, 2.05) is 0 Å².